The molecule has 2 rings (SSSR count). The Morgan fingerprint density at radius 3 is 2.56 bits per heavy atom. The van der Waals surface area contributed by atoms with E-state index in [1.54, 1.807) is 18.2 Å². The predicted molar refractivity (Wildman–Crippen MR) is 70.6 cm³/mol. The molecule has 1 aromatic carbocycles. The first kappa shape index (κ1) is 13.4. The molecule has 0 aliphatic carbocycles. The number of halogens is 3. The van der Waals surface area contributed by atoms with Crippen LogP contribution in [0.2, 0.25) is 0 Å². The summed E-state index contributed by atoms with van der Waals surface area (Å²) in [6.07, 6.45) is 5.00. The summed E-state index contributed by atoms with van der Waals surface area (Å²) in [5, 5.41) is -3.35. The summed E-state index contributed by atoms with van der Waals surface area (Å²) >= 11 is 0.456. The number of thioether (sulfide) groups is 2. The Morgan fingerprint density at radius 2 is 1.94 bits per heavy atom. The Hall–Kier alpha value is -1.06. The average Bonchev–Trinajstić information content (AvgIpc) is 2.58. The minimum Gasteiger partial charge on any atom is -0.223 e. The number of hydrogen-bond acceptors (Lipinski definition) is 3. The van der Waals surface area contributed by atoms with Crippen LogP contribution >= 0.6 is 23.5 Å². The molecule has 0 spiro atoms. The van der Waals surface area contributed by atoms with Gasteiger partial charge in [0, 0.05) is 5.56 Å². The van der Waals surface area contributed by atoms with E-state index in [9.17, 15) is 13.2 Å². The lowest BCUT2D eigenvalue weighted by Gasteiger charge is -2.14. The summed E-state index contributed by atoms with van der Waals surface area (Å²) in [5.41, 5.74) is -0.323. The fourth-order valence-corrected chi connectivity index (χ4v) is 3.31. The smallest absolute Gasteiger partial charge is 0.223 e. The molecule has 18 heavy (non-hydrogen) atoms. The Balaban J connectivity index is 2.34. The maximum absolute atomic E-state index is 14.1. The summed E-state index contributed by atoms with van der Waals surface area (Å²) in [5.74, 6) is 2.19. The first-order valence-electron chi connectivity index (χ1n) is 4.97. The Labute approximate surface area is 111 Å². The van der Waals surface area contributed by atoms with Gasteiger partial charge < -0.3 is 0 Å². The summed E-state index contributed by atoms with van der Waals surface area (Å²) in [7, 11) is 0. The van der Waals surface area contributed by atoms with E-state index >= 15 is 0 Å². The molecule has 0 radical (unpaired) electrons. The van der Waals surface area contributed by atoms with Crippen LogP contribution in [0.15, 0.2) is 35.3 Å². The van der Waals surface area contributed by atoms with Gasteiger partial charge in [0.1, 0.15) is 5.71 Å². The van der Waals surface area contributed by atoms with E-state index in [4.69, 9.17) is 6.42 Å². The number of hydrogen-bond donors (Lipinski definition) is 0. The largest absolute Gasteiger partial charge is 0.341 e. The van der Waals surface area contributed by atoms with Gasteiger partial charge >= 0.3 is 9.71 Å². The SMILES string of the molecule is C#CCSC1(F)N=C(c2ccccc2)C(F)(F)S1. The van der Waals surface area contributed by atoms with E-state index in [1.165, 1.54) is 12.1 Å². The zero-order valence-electron chi connectivity index (χ0n) is 9.07. The van der Waals surface area contributed by atoms with Gasteiger partial charge in [-0.05, 0) is 11.8 Å². The van der Waals surface area contributed by atoms with Gasteiger partial charge in [-0.3, -0.25) is 0 Å². The lowest BCUT2D eigenvalue weighted by molar-refractivity contribution is 0.187. The standard InChI is InChI=1S/C12H8F3NS2/c1-2-8-17-12(15)16-10(11(13,14)18-12)9-6-4-3-5-7-9/h1,3-7H,8H2. The Kier molecular flexibility index (Phi) is 3.64. The van der Waals surface area contributed by atoms with E-state index in [2.05, 4.69) is 10.9 Å². The minimum absolute atomic E-state index is 0.00878. The highest BCUT2D eigenvalue weighted by molar-refractivity contribution is 8.19. The second kappa shape index (κ2) is 4.90. The summed E-state index contributed by atoms with van der Waals surface area (Å²) in [6.45, 7) is 0. The lowest BCUT2D eigenvalue weighted by Crippen LogP contribution is -2.21. The number of aliphatic imine (C=N–C) groups is 1. The molecule has 1 atom stereocenters. The molecule has 1 heterocycles. The Bertz CT molecular complexity index is 510. The molecular formula is C12H8F3NS2. The molecule has 0 aromatic heterocycles. The monoisotopic (exact) mass is 287 g/mol. The summed E-state index contributed by atoms with van der Waals surface area (Å²) in [6, 6.07) is 7.85. The lowest BCUT2D eigenvalue weighted by atomic mass is 10.1. The van der Waals surface area contributed by atoms with Crippen LogP contribution in [0.5, 0.6) is 0 Å². The zero-order valence-corrected chi connectivity index (χ0v) is 10.7. The second-order valence-electron chi connectivity index (χ2n) is 3.44. The molecule has 1 unspecified atom stereocenters. The first-order valence-corrected chi connectivity index (χ1v) is 6.77. The third-order valence-electron chi connectivity index (χ3n) is 2.16. The molecule has 1 aromatic rings. The number of benzene rings is 1. The van der Waals surface area contributed by atoms with E-state index in [0.29, 0.717) is 11.8 Å². The molecule has 1 aliphatic rings. The minimum atomic E-state index is -3.35. The maximum atomic E-state index is 14.1. The molecule has 0 bridgehead atoms. The van der Waals surface area contributed by atoms with Crippen LogP contribution in [0.4, 0.5) is 13.2 Å². The normalized spacial score (nSPS) is 25.6. The van der Waals surface area contributed by atoms with Crippen molar-refractivity contribution in [1.29, 1.82) is 0 Å². The first-order chi connectivity index (χ1) is 8.47. The van der Waals surface area contributed by atoms with Crippen molar-refractivity contribution < 1.29 is 13.2 Å². The summed E-state index contributed by atoms with van der Waals surface area (Å²) in [4.78, 5) is 3.51. The van der Waals surface area contributed by atoms with Gasteiger partial charge in [-0.15, -0.1) is 6.42 Å². The highest BCUT2D eigenvalue weighted by Crippen LogP contribution is 2.55. The molecule has 0 amide bonds. The van der Waals surface area contributed by atoms with E-state index in [-0.39, 0.29) is 23.1 Å². The van der Waals surface area contributed by atoms with Gasteiger partial charge in [0.25, 0.3) is 0 Å². The fourth-order valence-electron chi connectivity index (χ4n) is 1.45. The van der Waals surface area contributed by atoms with Crippen molar-refractivity contribution in [3.05, 3.63) is 35.9 Å². The second-order valence-corrected chi connectivity index (χ2v) is 6.08. The van der Waals surface area contributed by atoms with Crippen LogP contribution in [0.25, 0.3) is 0 Å². The van der Waals surface area contributed by atoms with Crippen molar-refractivity contribution in [3.8, 4) is 12.3 Å². The number of nitrogens with zero attached hydrogens (tertiary/aromatic N) is 1. The van der Waals surface area contributed by atoms with Crippen molar-refractivity contribution in [1.82, 2.24) is 0 Å². The van der Waals surface area contributed by atoms with Gasteiger partial charge in [-0.25, -0.2) is 4.99 Å². The quantitative estimate of drug-likeness (QED) is 0.620. The van der Waals surface area contributed by atoms with Gasteiger partial charge in [0.2, 0.25) is 0 Å². The number of terminal acetylenes is 1. The molecule has 94 valence electrons. The zero-order chi connectivity index (χ0) is 13.2. The van der Waals surface area contributed by atoms with Crippen molar-refractivity contribution in [2.45, 2.75) is 9.71 Å². The molecule has 1 nitrogen and oxygen atoms in total. The van der Waals surface area contributed by atoms with E-state index in [0.717, 1.165) is 0 Å². The molecule has 0 fully saturated rings. The number of alkyl halides is 3. The highest BCUT2D eigenvalue weighted by atomic mass is 32.2. The van der Waals surface area contributed by atoms with Crippen molar-refractivity contribution in [2.75, 3.05) is 5.75 Å². The van der Waals surface area contributed by atoms with Crippen LogP contribution < -0.4 is 0 Å². The van der Waals surface area contributed by atoms with Crippen LogP contribution in [0.1, 0.15) is 5.56 Å². The van der Waals surface area contributed by atoms with Crippen LogP contribution in [-0.2, 0) is 0 Å². The van der Waals surface area contributed by atoms with E-state index < -0.39 is 15.4 Å². The van der Waals surface area contributed by atoms with Crippen LogP contribution in [0.3, 0.4) is 0 Å². The summed E-state index contributed by atoms with van der Waals surface area (Å²) < 4.78 is 39.2. The molecule has 1 aliphatic heterocycles. The van der Waals surface area contributed by atoms with Crippen molar-refractivity contribution in [3.63, 3.8) is 0 Å². The molecular weight excluding hydrogens is 279 g/mol. The third-order valence-corrected chi connectivity index (χ3v) is 4.31. The van der Waals surface area contributed by atoms with Crippen molar-refractivity contribution in [2.24, 2.45) is 4.99 Å². The fraction of sp³-hybridized carbons (Fsp3) is 0.250. The van der Waals surface area contributed by atoms with Gasteiger partial charge in [0.05, 0.1) is 5.75 Å². The number of rotatable bonds is 3. The van der Waals surface area contributed by atoms with Crippen LogP contribution in [-0.4, -0.2) is 21.2 Å². The van der Waals surface area contributed by atoms with Crippen molar-refractivity contribution >= 4 is 29.2 Å². The third kappa shape index (κ3) is 2.68. The maximum Gasteiger partial charge on any atom is 0.341 e. The molecule has 6 heteroatoms. The van der Waals surface area contributed by atoms with Gasteiger partial charge in [-0.2, -0.15) is 13.2 Å². The topological polar surface area (TPSA) is 12.4 Å². The van der Waals surface area contributed by atoms with Crippen LogP contribution in [0, 0.1) is 12.3 Å². The van der Waals surface area contributed by atoms with E-state index in [1.807, 2.05) is 0 Å². The highest BCUT2D eigenvalue weighted by Gasteiger charge is 2.54. The predicted octanol–water partition coefficient (Wildman–Crippen LogP) is 3.76. The Morgan fingerprint density at radius 1 is 1.28 bits per heavy atom. The molecule has 0 saturated heterocycles. The molecule has 0 N–H and O–H groups in total. The average molecular weight is 287 g/mol. The van der Waals surface area contributed by atoms with Gasteiger partial charge in [-0.1, -0.05) is 48.0 Å². The molecule has 0 saturated carbocycles. The van der Waals surface area contributed by atoms with Gasteiger partial charge in [0.15, 0.2) is 0 Å².